The average molecular weight is 520 g/mol. The highest BCUT2D eigenvalue weighted by Gasteiger charge is 2.33. The third kappa shape index (κ3) is 4.78. The maximum absolute atomic E-state index is 14.9. The molecule has 8 nitrogen and oxygen atoms in total. The van der Waals surface area contributed by atoms with Crippen LogP contribution in [0.3, 0.4) is 0 Å². The first-order valence-corrected chi connectivity index (χ1v) is 14.2. The van der Waals surface area contributed by atoms with Crippen LogP contribution in [0.4, 0.5) is 14.9 Å². The molecule has 0 saturated heterocycles. The number of nitrogens with one attached hydrogen (secondary N) is 2. The summed E-state index contributed by atoms with van der Waals surface area (Å²) >= 11 is 0. The summed E-state index contributed by atoms with van der Waals surface area (Å²) in [7, 11) is -2.38. The van der Waals surface area contributed by atoms with Crippen LogP contribution >= 0.6 is 0 Å². The predicted octanol–water partition coefficient (Wildman–Crippen LogP) is 3.95. The Hall–Kier alpha value is -2.43. The third-order valence-corrected chi connectivity index (χ3v) is 9.02. The number of urea groups is 1. The van der Waals surface area contributed by atoms with Crippen molar-refractivity contribution < 1.29 is 27.1 Å². The number of hydrogen-bond donors (Lipinski definition) is 3. The number of carbonyl (C=O) groups is 1. The summed E-state index contributed by atoms with van der Waals surface area (Å²) < 4.78 is 48.4. The molecule has 0 spiro atoms. The van der Waals surface area contributed by atoms with Crippen LogP contribution < -0.4 is 10.0 Å². The van der Waals surface area contributed by atoms with Crippen molar-refractivity contribution >= 4 is 21.7 Å². The largest absolute Gasteiger partial charge is 0.448 e. The number of benzene rings is 1. The van der Waals surface area contributed by atoms with Crippen LogP contribution in [-0.4, -0.2) is 43.6 Å². The number of fused-ring (bicyclic) bond motifs is 2. The molecule has 0 bridgehead atoms. The standard InChI is InChI=1S/C26H34FN3O5S/c1-16-17(14-30(2)15-26(32)11-3-4-12-26)13-22(35-16)36(33,34)29-25(31)28-24-20-9-5-7-18(20)23(27)19-8-6-10-21(19)24/h13,32H,3-12,14-15H2,1-2H3,(H2,28,29,31). The van der Waals surface area contributed by atoms with E-state index in [0.717, 1.165) is 49.7 Å². The van der Waals surface area contributed by atoms with Gasteiger partial charge in [0.25, 0.3) is 10.0 Å². The van der Waals surface area contributed by atoms with Gasteiger partial charge in [0.1, 0.15) is 11.6 Å². The number of hydrogen-bond acceptors (Lipinski definition) is 6. The number of nitrogens with zero attached hydrogens (tertiary/aromatic N) is 1. The average Bonchev–Trinajstić information content (AvgIpc) is 3.58. The van der Waals surface area contributed by atoms with Gasteiger partial charge in [-0.1, -0.05) is 12.8 Å². The fourth-order valence-corrected chi connectivity index (χ4v) is 7.10. The lowest BCUT2D eigenvalue weighted by Gasteiger charge is -2.28. The number of furan rings is 1. The molecule has 1 fully saturated rings. The first-order valence-electron chi connectivity index (χ1n) is 12.8. The van der Waals surface area contributed by atoms with Gasteiger partial charge in [-0.05, 0) is 87.6 Å². The summed E-state index contributed by atoms with van der Waals surface area (Å²) in [6, 6.07) is 0.536. The van der Waals surface area contributed by atoms with Crippen LogP contribution in [0, 0.1) is 12.7 Å². The zero-order valence-electron chi connectivity index (χ0n) is 20.9. The van der Waals surface area contributed by atoms with Crippen LogP contribution in [0.1, 0.15) is 72.1 Å². The molecule has 1 saturated carbocycles. The molecule has 3 aliphatic rings. The fraction of sp³-hybridized carbons (Fsp3) is 0.577. The van der Waals surface area contributed by atoms with Gasteiger partial charge in [0.15, 0.2) is 0 Å². The number of anilines is 1. The van der Waals surface area contributed by atoms with Crippen LogP contribution in [0.2, 0.25) is 0 Å². The second kappa shape index (κ2) is 9.46. The Bertz CT molecular complexity index is 1260. The molecule has 0 atom stereocenters. The Morgan fingerprint density at radius 2 is 1.67 bits per heavy atom. The van der Waals surface area contributed by atoms with Crippen molar-refractivity contribution in [3.63, 3.8) is 0 Å². The van der Waals surface area contributed by atoms with Gasteiger partial charge in [-0.3, -0.25) is 4.90 Å². The molecule has 3 N–H and O–H groups in total. The first kappa shape index (κ1) is 25.2. The normalized spacial score (nSPS) is 18.5. The molecule has 3 aliphatic carbocycles. The molecule has 1 aromatic carbocycles. The molecule has 0 aliphatic heterocycles. The molecule has 1 aromatic heterocycles. The molecule has 36 heavy (non-hydrogen) atoms. The minimum absolute atomic E-state index is 0.155. The maximum atomic E-state index is 14.9. The van der Waals surface area contributed by atoms with Gasteiger partial charge in [0, 0.05) is 30.4 Å². The van der Waals surface area contributed by atoms with E-state index in [1.807, 2.05) is 11.9 Å². The topological polar surface area (TPSA) is 112 Å². The van der Waals surface area contributed by atoms with E-state index in [9.17, 15) is 22.7 Å². The van der Waals surface area contributed by atoms with Crippen molar-refractivity contribution in [1.82, 2.24) is 9.62 Å². The Morgan fingerprint density at radius 3 is 2.28 bits per heavy atom. The second-order valence-corrected chi connectivity index (χ2v) is 12.2. The van der Waals surface area contributed by atoms with E-state index in [-0.39, 0.29) is 10.9 Å². The van der Waals surface area contributed by atoms with E-state index in [1.54, 1.807) is 6.92 Å². The maximum Gasteiger partial charge on any atom is 0.333 e. The Labute approximate surface area is 211 Å². The van der Waals surface area contributed by atoms with Crippen LogP contribution in [-0.2, 0) is 42.3 Å². The van der Waals surface area contributed by atoms with Crippen molar-refractivity contribution in [2.24, 2.45) is 0 Å². The Kier molecular flexibility index (Phi) is 6.63. The minimum Gasteiger partial charge on any atom is -0.448 e. The van der Waals surface area contributed by atoms with Gasteiger partial charge in [0.05, 0.1) is 5.60 Å². The monoisotopic (exact) mass is 519 g/mol. The highest BCUT2D eigenvalue weighted by molar-refractivity contribution is 7.89. The first-order chi connectivity index (χ1) is 17.1. The minimum atomic E-state index is -4.26. The van der Waals surface area contributed by atoms with Gasteiger partial charge in [-0.25, -0.2) is 13.9 Å². The number of halogens is 1. The molecule has 2 aromatic rings. The molecule has 5 rings (SSSR count). The molecule has 196 valence electrons. The van der Waals surface area contributed by atoms with E-state index >= 15 is 0 Å². The lowest BCUT2D eigenvalue weighted by Crippen LogP contribution is -2.38. The number of aryl methyl sites for hydroxylation is 1. The lowest BCUT2D eigenvalue weighted by molar-refractivity contribution is 0.0144. The van der Waals surface area contributed by atoms with E-state index in [2.05, 4.69) is 10.0 Å². The fourth-order valence-electron chi connectivity index (χ4n) is 6.17. The lowest BCUT2D eigenvalue weighted by atomic mass is 9.98. The van der Waals surface area contributed by atoms with Gasteiger partial charge < -0.3 is 14.8 Å². The van der Waals surface area contributed by atoms with Crippen molar-refractivity contribution in [3.8, 4) is 0 Å². The van der Waals surface area contributed by atoms with Crippen molar-refractivity contribution in [2.45, 2.75) is 88.4 Å². The van der Waals surface area contributed by atoms with Gasteiger partial charge in [-0.2, -0.15) is 8.42 Å². The number of rotatable bonds is 7. The number of likely N-dealkylation sites (N-methyl/N-ethyl adjacent to an activating group) is 1. The quantitative estimate of drug-likeness (QED) is 0.511. The molecule has 0 radical (unpaired) electrons. The number of amides is 2. The highest BCUT2D eigenvalue weighted by Crippen LogP contribution is 2.41. The van der Waals surface area contributed by atoms with E-state index in [1.165, 1.54) is 6.07 Å². The molecule has 0 unspecified atom stereocenters. The second-order valence-electron chi connectivity index (χ2n) is 10.6. The zero-order valence-corrected chi connectivity index (χ0v) is 21.7. The Balaban J connectivity index is 1.29. The van der Waals surface area contributed by atoms with Gasteiger partial charge in [-0.15, -0.1) is 0 Å². The van der Waals surface area contributed by atoms with Crippen LogP contribution in [0.5, 0.6) is 0 Å². The molecular formula is C26H34FN3O5S. The van der Waals surface area contributed by atoms with Gasteiger partial charge >= 0.3 is 6.03 Å². The summed E-state index contributed by atoms with van der Waals surface area (Å²) in [6.45, 7) is 2.58. The summed E-state index contributed by atoms with van der Waals surface area (Å²) in [4.78, 5) is 14.8. The van der Waals surface area contributed by atoms with Crippen molar-refractivity contribution in [2.75, 3.05) is 18.9 Å². The van der Waals surface area contributed by atoms with Crippen molar-refractivity contribution in [1.29, 1.82) is 0 Å². The van der Waals surface area contributed by atoms with Crippen molar-refractivity contribution in [3.05, 3.63) is 45.5 Å². The predicted molar refractivity (Wildman–Crippen MR) is 133 cm³/mol. The summed E-state index contributed by atoms with van der Waals surface area (Å²) in [5, 5.41) is 13.0. The third-order valence-electron chi connectivity index (χ3n) is 7.84. The molecular weight excluding hydrogens is 485 g/mol. The number of sulfonamides is 1. The number of carbonyl (C=O) groups excluding carboxylic acids is 1. The zero-order chi connectivity index (χ0) is 25.7. The van der Waals surface area contributed by atoms with Gasteiger partial charge in [0.2, 0.25) is 5.09 Å². The molecule has 1 heterocycles. The summed E-state index contributed by atoms with van der Waals surface area (Å²) in [5.74, 6) is 0.285. The smallest absolute Gasteiger partial charge is 0.333 e. The van der Waals surface area contributed by atoms with E-state index < -0.39 is 21.7 Å². The Morgan fingerprint density at radius 1 is 1.08 bits per heavy atom. The van der Waals surface area contributed by atoms with E-state index in [4.69, 9.17) is 4.42 Å². The molecule has 2 amide bonds. The molecule has 10 heteroatoms. The summed E-state index contributed by atoms with van der Waals surface area (Å²) in [5.41, 5.74) is 3.38. The number of aliphatic hydroxyl groups is 1. The summed E-state index contributed by atoms with van der Waals surface area (Å²) in [6.07, 6.45) is 7.74. The SMILES string of the molecule is Cc1oc(S(=O)(=O)NC(=O)Nc2c3c(c(F)c4c2CCC4)CCC3)cc1CN(C)CC1(O)CCCC1. The van der Waals surface area contributed by atoms with Crippen LogP contribution in [0.15, 0.2) is 15.6 Å². The van der Waals surface area contributed by atoms with E-state index in [0.29, 0.717) is 66.9 Å². The van der Waals surface area contributed by atoms with Crippen LogP contribution in [0.25, 0.3) is 0 Å². The highest BCUT2D eigenvalue weighted by atomic mass is 32.2.